The molecular formula is C12H15ClN2S2. The Bertz CT molecular complexity index is 478. The maximum Gasteiger partial charge on any atom is 0.0898 e. The Morgan fingerprint density at radius 3 is 2.82 bits per heavy atom. The summed E-state index contributed by atoms with van der Waals surface area (Å²) < 4.78 is 0. The molecule has 2 heterocycles. The van der Waals surface area contributed by atoms with Gasteiger partial charge in [-0.1, -0.05) is 18.5 Å². The van der Waals surface area contributed by atoms with E-state index in [4.69, 9.17) is 11.6 Å². The molecular weight excluding hydrogens is 272 g/mol. The van der Waals surface area contributed by atoms with Crippen molar-refractivity contribution in [3.05, 3.63) is 37.4 Å². The molecule has 1 atom stereocenters. The molecule has 2 nitrogen and oxygen atoms in total. The topological polar surface area (TPSA) is 24.9 Å². The Morgan fingerprint density at radius 1 is 1.47 bits per heavy atom. The fourth-order valence-electron chi connectivity index (χ4n) is 1.64. The third-order valence-electron chi connectivity index (χ3n) is 2.44. The highest BCUT2D eigenvalue weighted by Crippen LogP contribution is 2.33. The minimum atomic E-state index is 0.132. The SMILES string of the molecule is CCCNC(c1csc(C)n1)c1sccc1Cl. The minimum absolute atomic E-state index is 0.132. The van der Waals surface area contributed by atoms with E-state index in [2.05, 4.69) is 22.6 Å². The van der Waals surface area contributed by atoms with Gasteiger partial charge < -0.3 is 5.32 Å². The molecule has 0 saturated heterocycles. The first-order valence-corrected chi connectivity index (χ1v) is 7.74. The van der Waals surface area contributed by atoms with Gasteiger partial charge in [0.15, 0.2) is 0 Å². The van der Waals surface area contributed by atoms with Crippen molar-refractivity contribution in [2.24, 2.45) is 0 Å². The van der Waals surface area contributed by atoms with Crippen LogP contribution in [0.4, 0.5) is 0 Å². The Hall–Kier alpha value is -0.420. The molecule has 0 aliphatic rings. The molecule has 0 fully saturated rings. The Kier molecular flexibility index (Phi) is 4.56. The van der Waals surface area contributed by atoms with E-state index in [0.717, 1.165) is 33.6 Å². The van der Waals surface area contributed by atoms with Crippen LogP contribution in [0.2, 0.25) is 5.02 Å². The maximum atomic E-state index is 6.22. The zero-order chi connectivity index (χ0) is 12.3. The second-order valence-electron chi connectivity index (χ2n) is 3.81. The number of aryl methyl sites for hydroxylation is 1. The van der Waals surface area contributed by atoms with E-state index in [1.807, 2.05) is 18.4 Å². The second kappa shape index (κ2) is 5.96. The second-order valence-corrected chi connectivity index (χ2v) is 6.23. The molecule has 1 unspecified atom stereocenters. The molecule has 0 radical (unpaired) electrons. The van der Waals surface area contributed by atoms with Crippen LogP contribution in [0, 0.1) is 6.92 Å². The molecule has 2 rings (SSSR count). The van der Waals surface area contributed by atoms with E-state index in [9.17, 15) is 0 Å². The van der Waals surface area contributed by atoms with E-state index in [-0.39, 0.29) is 6.04 Å². The number of hydrogen-bond acceptors (Lipinski definition) is 4. The van der Waals surface area contributed by atoms with E-state index in [0.29, 0.717) is 0 Å². The molecule has 0 aliphatic heterocycles. The molecule has 0 aromatic carbocycles. The highest BCUT2D eigenvalue weighted by molar-refractivity contribution is 7.11. The lowest BCUT2D eigenvalue weighted by molar-refractivity contribution is 0.595. The third kappa shape index (κ3) is 3.07. The smallest absolute Gasteiger partial charge is 0.0898 e. The molecule has 1 N–H and O–H groups in total. The molecule has 17 heavy (non-hydrogen) atoms. The lowest BCUT2D eigenvalue weighted by atomic mass is 10.2. The van der Waals surface area contributed by atoms with Gasteiger partial charge in [0.25, 0.3) is 0 Å². The van der Waals surface area contributed by atoms with Crippen LogP contribution in [0.15, 0.2) is 16.8 Å². The molecule has 0 spiro atoms. The van der Waals surface area contributed by atoms with Crippen LogP contribution in [0.5, 0.6) is 0 Å². The van der Waals surface area contributed by atoms with Crippen LogP contribution < -0.4 is 5.32 Å². The van der Waals surface area contributed by atoms with Gasteiger partial charge in [0, 0.05) is 10.3 Å². The van der Waals surface area contributed by atoms with Crippen LogP contribution in [-0.2, 0) is 0 Å². The van der Waals surface area contributed by atoms with Crippen LogP contribution in [0.3, 0.4) is 0 Å². The van der Waals surface area contributed by atoms with Crippen molar-refractivity contribution in [2.45, 2.75) is 26.3 Å². The molecule has 5 heteroatoms. The van der Waals surface area contributed by atoms with Gasteiger partial charge in [-0.25, -0.2) is 4.98 Å². The van der Waals surface area contributed by atoms with Crippen molar-refractivity contribution in [3.8, 4) is 0 Å². The van der Waals surface area contributed by atoms with Crippen molar-refractivity contribution >= 4 is 34.3 Å². The molecule has 0 aliphatic carbocycles. The average molecular weight is 287 g/mol. The standard InChI is InChI=1S/C12H15ClN2S2/c1-3-5-14-11(10-7-17-8(2)15-10)12-9(13)4-6-16-12/h4,6-7,11,14H,3,5H2,1-2H3. The summed E-state index contributed by atoms with van der Waals surface area (Å²) in [5.41, 5.74) is 1.07. The Morgan fingerprint density at radius 2 is 2.29 bits per heavy atom. The molecule has 2 aromatic rings. The first-order chi connectivity index (χ1) is 8.22. The molecule has 0 saturated carbocycles. The molecule has 0 bridgehead atoms. The lowest BCUT2D eigenvalue weighted by Crippen LogP contribution is -2.22. The number of aromatic nitrogens is 1. The van der Waals surface area contributed by atoms with E-state index >= 15 is 0 Å². The summed E-state index contributed by atoms with van der Waals surface area (Å²) in [6.07, 6.45) is 1.10. The number of rotatable bonds is 5. The summed E-state index contributed by atoms with van der Waals surface area (Å²) in [6, 6.07) is 2.08. The number of nitrogens with one attached hydrogen (secondary N) is 1. The maximum absolute atomic E-state index is 6.22. The zero-order valence-corrected chi connectivity index (χ0v) is 12.3. The average Bonchev–Trinajstić information content (AvgIpc) is 2.90. The number of thiazole rings is 1. The van der Waals surface area contributed by atoms with Crippen molar-refractivity contribution in [1.29, 1.82) is 0 Å². The predicted octanol–water partition coefficient (Wildman–Crippen LogP) is 4.26. The fourth-order valence-corrected chi connectivity index (χ4v) is 3.53. The van der Waals surface area contributed by atoms with Crippen molar-refractivity contribution in [1.82, 2.24) is 10.3 Å². The highest BCUT2D eigenvalue weighted by atomic mass is 35.5. The fraction of sp³-hybridized carbons (Fsp3) is 0.417. The quantitative estimate of drug-likeness (QED) is 0.888. The lowest BCUT2D eigenvalue weighted by Gasteiger charge is -2.15. The van der Waals surface area contributed by atoms with Crippen molar-refractivity contribution < 1.29 is 0 Å². The third-order valence-corrected chi connectivity index (χ3v) is 4.65. The van der Waals surface area contributed by atoms with Gasteiger partial charge in [-0.2, -0.15) is 0 Å². The Balaban J connectivity index is 2.28. The zero-order valence-electron chi connectivity index (χ0n) is 9.87. The number of hydrogen-bond donors (Lipinski definition) is 1. The largest absolute Gasteiger partial charge is 0.304 e. The van der Waals surface area contributed by atoms with Gasteiger partial charge in [0.2, 0.25) is 0 Å². The van der Waals surface area contributed by atoms with E-state index in [1.165, 1.54) is 0 Å². The van der Waals surface area contributed by atoms with Crippen LogP contribution >= 0.6 is 34.3 Å². The number of halogens is 1. The molecule has 2 aromatic heterocycles. The summed E-state index contributed by atoms with van der Waals surface area (Å²) in [5, 5.41) is 9.57. The van der Waals surface area contributed by atoms with Gasteiger partial charge in [-0.3, -0.25) is 0 Å². The summed E-state index contributed by atoms with van der Waals surface area (Å²) in [6.45, 7) is 5.16. The van der Waals surface area contributed by atoms with E-state index < -0.39 is 0 Å². The van der Waals surface area contributed by atoms with Gasteiger partial charge in [-0.15, -0.1) is 22.7 Å². The normalized spacial score (nSPS) is 12.9. The first-order valence-electron chi connectivity index (χ1n) is 5.60. The molecule has 92 valence electrons. The van der Waals surface area contributed by atoms with Crippen LogP contribution in [0.25, 0.3) is 0 Å². The van der Waals surface area contributed by atoms with Crippen molar-refractivity contribution in [3.63, 3.8) is 0 Å². The number of thiophene rings is 1. The van der Waals surface area contributed by atoms with Gasteiger partial charge in [0.05, 0.1) is 21.8 Å². The minimum Gasteiger partial charge on any atom is -0.304 e. The van der Waals surface area contributed by atoms with Gasteiger partial charge in [-0.05, 0) is 31.3 Å². The molecule has 0 amide bonds. The monoisotopic (exact) mass is 286 g/mol. The van der Waals surface area contributed by atoms with Crippen LogP contribution in [0.1, 0.15) is 35.0 Å². The van der Waals surface area contributed by atoms with E-state index in [1.54, 1.807) is 22.7 Å². The summed E-state index contributed by atoms with van der Waals surface area (Å²) in [7, 11) is 0. The van der Waals surface area contributed by atoms with Gasteiger partial charge in [0.1, 0.15) is 0 Å². The van der Waals surface area contributed by atoms with Crippen LogP contribution in [-0.4, -0.2) is 11.5 Å². The van der Waals surface area contributed by atoms with Crippen molar-refractivity contribution in [2.75, 3.05) is 6.54 Å². The summed E-state index contributed by atoms with van der Waals surface area (Å²) >= 11 is 9.58. The summed E-state index contributed by atoms with van der Waals surface area (Å²) in [4.78, 5) is 5.72. The highest BCUT2D eigenvalue weighted by Gasteiger charge is 2.19. The summed E-state index contributed by atoms with van der Waals surface area (Å²) in [5.74, 6) is 0. The first kappa shape index (κ1) is 13.0. The van der Waals surface area contributed by atoms with Gasteiger partial charge >= 0.3 is 0 Å². The predicted molar refractivity (Wildman–Crippen MR) is 76.3 cm³/mol. The Labute approximate surface area is 115 Å². The number of nitrogens with zero attached hydrogens (tertiary/aromatic N) is 1.